The number of nitrogens with zero attached hydrogens (tertiary/aromatic N) is 4. The van der Waals surface area contributed by atoms with Crippen molar-refractivity contribution in [3.63, 3.8) is 0 Å². The number of aryl methyl sites for hydroxylation is 1. The van der Waals surface area contributed by atoms with Gasteiger partial charge >= 0.3 is 0 Å². The molecule has 5 heterocycles. The van der Waals surface area contributed by atoms with Gasteiger partial charge in [0.05, 0.1) is 44.8 Å². The van der Waals surface area contributed by atoms with Crippen LogP contribution in [0.1, 0.15) is 41.4 Å². The lowest BCUT2D eigenvalue weighted by molar-refractivity contribution is -0.123. The molecule has 0 aliphatic carbocycles. The molecular weight excluding hydrogens is 462 g/mol. The summed E-state index contributed by atoms with van der Waals surface area (Å²) in [5.41, 5.74) is 7.80. The molecule has 1 atom stereocenters. The first-order valence-corrected chi connectivity index (χ1v) is 13.7. The monoisotopic (exact) mass is 487 g/mol. The van der Waals surface area contributed by atoms with Gasteiger partial charge in [-0.25, -0.2) is 18.1 Å². The minimum atomic E-state index is -3.11. The van der Waals surface area contributed by atoms with Crippen LogP contribution in [0.5, 0.6) is 0 Å². The second-order valence-corrected chi connectivity index (χ2v) is 12.0. The highest BCUT2D eigenvalue weighted by Gasteiger charge is 2.34. The van der Waals surface area contributed by atoms with E-state index in [0.29, 0.717) is 60.3 Å². The number of rotatable bonds is 4. The van der Waals surface area contributed by atoms with Gasteiger partial charge in [-0.3, -0.25) is 9.59 Å². The van der Waals surface area contributed by atoms with E-state index in [2.05, 4.69) is 5.10 Å². The summed E-state index contributed by atoms with van der Waals surface area (Å²) in [5.74, 6) is -0.509. The Hall–Kier alpha value is -2.79. The molecule has 2 N–H and O–H groups in total. The fourth-order valence-electron chi connectivity index (χ4n) is 4.79. The number of likely N-dealkylation sites (tertiary alicyclic amines) is 1. The van der Waals surface area contributed by atoms with Crippen LogP contribution in [-0.4, -0.2) is 64.5 Å². The maximum Gasteiger partial charge on any atom is 0.254 e. The van der Waals surface area contributed by atoms with Gasteiger partial charge in [0.2, 0.25) is 5.91 Å². The van der Waals surface area contributed by atoms with Gasteiger partial charge in [-0.05, 0) is 43.7 Å². The van der Waals surface area contributed by atoms with Gasteiger partial charge in [-0.15, -0.1) is 11.3 Å². The van der Waals surface area contributed by atoms with E-state index in [9.17, 15) is 18.0 Å². The molecule has 2 aliphatic heterocycles. The van der Waals surface area contributed by atoms with E-state index >= 15 is 0 Å². The Bertz CT molecular complexity index is 1340. The maximum absolute atomic E-state index is 13.7. The second kappa shape index (κ2) is 8.21. The zero-order valence-electron chi connectivity index (χ0n) is 18.2. The van der Waals surface area contributed by atoms with E-state index in [0.717, 1.165) is 4.88 Å². The number of carbonyl (C=O) groups excluding carboxylic acids is 2. The number of hydrogen-bond donors (Lipinski definition) is 1. The van der Waals surface area contributed by atoms with Crippen LogP contribution in [0.4, 0.5) is 0 Å². The van der Waals surface area contributed by atoms with Crippen LogP contribution in [0.3, 0.4) is 0 Å². The van der Waals surface area contributed by atoms with Crippen LogP contribution >= 0.6 is 11.3 Å². The number of carbonyl (C=O) groups is 2. The quantitative estimate of drug-likeness (QED) is 0.601. The topological polar surface area (TPSA) is 128 Å². The summed E-state index contributed by atoms with van der Waals surface area (Å²) >= 11 is 1.52. The molecule has 2 aliphatic rings. The molecule has 3 aromatic rings. The predicted molar refractivity (Wildman–Crippen MR) is 126 cm³/mol. The van der Waals surface area contributed by atoms with Gasteiger partial charge in [-0.1, -0.05) is 6.07 Å². The Morgan fingerprint density at radius 3 is 2.58 bits per heavy atom. The van der Waals surface area contributed by atoms with E-state index in [1.807, 2.05) is 24.4 Å². The van der Waals surface area contributed by atoms with Crippen LogP contribution in [0.2, 0.25) is 0 Å². The summed E-state index contributed by atoms with van der Waals surface area (Å²) < 4.78 is 25.9. The third-order valence-corrected chi connectivity index (χ3v) is 9.22. The predicted octanol–water partition coefficient (Wildman–Crippen LogP) is 2.17. The van der Waals surface area contributed by atoms with Crippen LogP contribution in [0, 0.1) is 12.8 Å². The third-order valence-electron chi connectivity index (χ3n) is 6.58. The number of nitrogens with two attached hydrogens (primary N) is 1. The van der Waals surface area contributed by atoms with Crippen molar-refractivity contribution < 1.29 is 18.0 Å². The van der Waals surface area contributed by atoms with Crippen LogP contribution in [0.25, 0.3) is 21.6 Å². The molecule has 5 rings (SSSR count). The normalized spacial score (nSPS) is 21.0. The maximum atomic E-state index is 13.7. The third kappa shape index (κ3) is 4.04. The molecule has 0 unspecified atom stereocenters. The molecule has 174 valence electrons. The van der Waals surface area contributed by atoms with Crippen molar-refractivity contribution in [1.82, 2.24) is 19.7 Å². The van der Waals surface area contributed by atoms with Crippen molar-refractivity contribution in [2.24, 2.45) is 11.7 Å². The molecule has 0 radical (unpaired) electrons. The molecule has 0 saturated carbocycles. The number of primary amides is 1. The largest absolute Gasteiger partial charge is 0.369 e. The number of hydrogen-bond acceptors (Lipinski definition) is 7. The first-order valence-electron chi connectivity index (χ1n) is 11.0. The summed E-state index contributed by atoms with van der Waals surface area (Å²) in [6.45, 7) is 2.74. The number of fused-ring (bicyclic) bond motifs is 1. The average molecular weight is 488 g/mol. The van der Waals surface area contributed by atoms with Crippen molar-refractivity contribution in [3.8, 4) is 10.6 Å². The smallest absolute Gasteiger partial charge is 0.254 e. The Kier molecular flexibility index (Phi) is 5.48. The SMILES string of the molecule is Cc1nn([C@@H]2CCS(=O)(=O)C2)c2nc(-c3cccs3)cc(C(=O)N3CCC(C(N)=O)CC3)c12. The fourth-order valence-corrected chi connectivity index (χ4v) is 7.17. The van der Waals surface area contributed by atoms with Crippen molar-refractivity contribution >= 4 is 44.0 Å². The molecule has 3 aromatic heterocycles. The first-order chi connectivity index (χ1) is 15.7. The van der Waals surface area contributed by atoms with Gasteiger partial charge in [0.1, 0.15) is 0 Å². The molecule has 2 amide bonds. The minimum Gasteiger partial charge on any atom is -0.369 e. The Labute approximate surface area is 195 Å². The van der Waals surface area contributed by atoms with Crippen molar-refractivity contribution in [1.29, 1.82) is 0 Å². The molecule has 2 saturated heterocycles. The molecule has 0 spiro atoms. The van der Waals surface area contributed by atoms with Crippen molar-refractivity contribution in [3.05, 3.63) is 34.8 Å². The summed E-state index contributed by atoms with van der Waals surface area (Å²) in [6.07, 6.45) is 1.57. The number of thiophene rings is 1. The lowest BCUT2D eigenvalue weighted by Crippen LogP contribution is -2.41. The lowest BCUT2D eigenvalue weighted by atomic mass is 9.95. The zero-order valence-corrected chi connectivity index (χ0v) is 19.9. The van der Waals surface area contributed by atoms with Crippen molar-refractivity contribution in [2.75, 3.05) is 24.6 Å². The van der Waals surface area contributed by atoms with Gasteiger partial charge in [0, 0.05) is 19.0 Å². The van der Waals surface area contributed by atoms with Gasteiger partial charge in [0.25, 0.3) is 5.91 Å². The van der Waals surface area contributed by atoms with Crippen LogP contribution in [0.15, 0.2) is 23.6 Å². The Balaban J connectivity index is 1.60. The molecule has 11 heteroatoms. The van der Waals surface area contributed by atoms with Gasteiger partial charge in [0.15, 0.2) is 15.5 Å². The molecule has 9 nitrogen and oxygen atoms in total. The van der Waals surface area contributed by atoms with Gasteiger partial charge < -0.3 is 10.6 Å². The highest BCUT2D eigenvalue weighted by molar-refractivity contribution is 7.91. The molecule has 0 aromatic carbocycles. The molecule has 33 heavy (non-hydrogen) atoms. The highest BCUT2D eigenvalue weighted by Crippen LogP contribution is 2.34. The Morgan fingerprint density at radius 2 is 1.97 bits per heavy atom. The van der Waals surface area contributed by atoms with E-state index in [1.54, 1.807) is 15.6 Å². The molecular formula is C22H25N5O4S2. The zero-order chi connectivity index (χ0) is 23.3. The van der Waals surface area contributed by atoms with E-state index in [1.165, 1.54) is 11.3 Å². The molecule has 2 fully saturated rings. The second-order valence-electron chi connectivity index (χ2n) is 8.79. The van der Waals surface area contributed by atoms with Gasteiger partial charge in [-0.2, -0.15) is 5.10 Å². The summed E-state index contributed by atoms with van der Waals surface area (Å²) in [6, 6.07) is 5.38. The minimum absolute atomic E-state index is 0.0258. The van der Waals surface area contributed by atoms with E-state index < -0.39 is 9.84 Å². The fraction of sp³-hybridized carbons (Fsp3) is 0.455. The summed E-state index contributed by atoms with van der Waals surface area (Å²) in [5, 5.41) is 7.25. The average Bonchev–Trinajstić information content (AvgIpc) is 3.52. The standard InChI is InChI=1S/C22H25N5O4S2/c1-13-19-16(22(29)26-7-4-14(5-8-26)20(23)28)11-17(18-3-2-9-32-18)24-21(19)27(25-13)15-6-10-33(30,31)12-15/h2-3,9,11,14-15H,4-8,10,12H2,1H3,(H2,23,28)/t15-/m1/s1. The summed E-state index contributed by atoms with van der Waals surface area (Å²) in [7, 11) is -3.11. The van der Waals surface area contributed by atoms with Crippen LogP contribution in [-0.2, 0) is 14.6 Å². The summed E-state index contributed by atoms with van der Waals surface area (Å²) in [4.78, 5) is 32.7. The van der Waals surface area contributed by atoms with E-state index in [-0.39, 0.29) is 35.3 Å². The number of amides is 2. The number of aromatic nitrogens is 3. The van der Waals surface area contributed by atoms with Crippen LogP contribution < -0.4 is 5.73 Å². The Morgan fingerprint density at radius 1 is 1.21 bits per heavy atom. The number of pyridine rings is 1. The molecule has 0 bridgehead atoms. The number of sulfone groups is 1. The first kappa shape index (κ1) is 22.0. The highest BCUT2D eigenvalue weighted by atomic mass is 32.2. The van der Waals surface area contributed by atoms with E-state index in [4.69, 9.17) is 10.7 Å². The number of piperidine rings is 1. The lowest BCUT2D eigenvalue weighted by Gasteiger charge is -2.30. The van der Waals surface area contributed by atoms with Crippen molar-refractivity contribution in [2.45, 2.75) is 32.2 Å².